The van der Waals surface area contributed by atoms with Crippen LogP contribution in [0.1, 0.15) is 32.1 Å². The van der Waals surface area contributed by atoms with E-state index in [1.165, 1.54) is 0 Å². The maximum atomic E-state index is 12.2. The van der Waals surface area contributed by atoms with Crippen molar-refractivity contribution in [1.82, 2.24) is 5.32 Å². The molecule has 8 nitrogen and oxygen atoms in total. The Kier molecular flexibility index (Phi) is 6.38. The molecule has 0 unspecified atom stereocenters. The second kappa shape index (κ2) is 7.46. The topological polar surface area (TPSA) is 156 Å². The molecule has 2 aliphatic carbocycles. The van der Waals surface area contributed by atoms with Gasteiger partial charge in [-0.25, -0.2) is 4.79 Å². The first kappa shape index (κ1) is 19.7. The van der Waals surface area contributed by atoms with E-state index in [-0.39, 0.29) is 24.7 Å². The third kappa shape index (κ3) is 3.59. The number of carbonyl (C=O) groups excluding carboxylic acids is 1. The van der Waals surface area contributed by atoms with Crippen molar-refractivity contribution in [3.8, 4) is 0 Å². The van der Waals surface area contributed by atoms with Gasteiger partial charge >= 0.3 is 11.9 Å². The van der Waals surface area contributed by atoms with Crippen molar-refractivity contribution < 1.29 is 24.6 Å². The van der Waals surface area contributed by atoms with E-state index in [1.807, 2.05) is 0 Å². The van der Waals surface area contributed by atoms with Crippen molar-refractivity contribution in [2.45, 2.75) is 43.7 Å². The SMILES string of the molecule is Cl.NCCCC[C@H](N)C(=O)N[C@@]1(C(=O)O)CC[C@H]2[C@H](C(=O)O)[C@H]21. The van der Waals surface area contributed by atoms with Crippen LogP contribution in [0.3, 0.4) is 0 Å². The zero-order valence-corrected chi connectivity index (χ0v) is 13.6. The lowest BCUT2D eigenvalue weighted by Crippen LogP contribution is -2.59. The van der Waals surface area contributed by atoms with Crippen LogP contribution in [0, 0.1) is 17.8 Å². The number of amides is 1. The number of carbonyl (C=O) groups is 3. The average Bonchev–Trinajstić information content (AvgIpc) is 3.08. The summed E-state index contributed by atoms with van der Waals surface area (Å²) in [7, 11) is 0. The molecule has 0 aromatic heterocycles. The van der Waals surface area contributed by atoms with Crippen molar-refractivity contribution in [2.24, 2.45) is 29.2 Å². The van der Waals surface area contributed by atoms with Gasteiger partial charge in [0.2, 0.25) is 5.91 Å². The maximum absolute atomic E-state index is 12.2. The molecule has 0 spiro atoms. The van der Waals surface area contributed by atoms with Gasteiger partial charge in [0.25, 0.3) is 0 Å². The summed E-state index contributed by atoms with van der Waals surface area (Å²) in [6.45, 7) is 0.511. The Hall–Kier alpha value is -1.38. The Morgan fingerprint density at radius 1 is 1.26 bits per heavy atom. The van der Waals surface area contributed by atoms with Gasteiger partial charge in [-0.05, 0) is 38.1 Å². The summed E-state index contributed by atoms with van der Waals surface area (Å²) in [5.41, 5.74) is 9.67. The van der Waals surface area contributed by atoms with Crippen molar-refractivity contribution in [1.29, 1.82) is 0 Å². The number of nitrogens with one attached hydrogen (secondary N) is 1. The molecular formula is C14H24ClN3O5. The number of hydrogen-bond donors (Lipinski definition) is 5. The molecule has 0 bridgehead atoms. The lowest BCUT2D eigenvalue weighted by atomic mass is 9.89. The summed E-state index contributed by atoms with van der Waals surface area (Å²) >= 11 is 0. The summed E-state index contributed by atoms with van der Waals surface area (Å²) in [6, 6.07) is -0.802. The fourth-order valence-corrected chi connectivity index (χ4v) is 3.70. The van der Waals surface area contributed by atoms with Crippen molar-refractivity contribution in [3.05, 3.63) is 0 Å². The van der Waals surface area contributed by atoms with Crippen LogP contribution in [0.4, 0.5) is 0 Å². The summed E-state index contributed by atoms with van der Waals surface area (Å²) in [4.78, 5) is 35.0. The van der Waals surface area contributed by atoms with Crippen molar-refractivity contribution in [3.63, 3.8) is 0 Å². The molecule has 1 amide bonds. The van der Waals surface area contributed by atoms with E-state index in [0.29, 0.717) is 25.8 Å². The van der Waals surface area contributed by atoms with E-state index < -0.39 is 41.3 Å². The first-order valence-electron chi connectivity index (χ1n) is 7.59. The van der Waals surface area contributed by atoms with E-state index in [9.17, 15) is 19.5 Å². The van der Waals surface area contributed by atoms with Crippen LogP contribution in [-0.2, 0) is 14.4 Å². The predicted octanol–water partition coefficient (Wildman–Crippen LogP) is -0.455. The molecule has 0 saturated heterocycles. The number of fused-ring (bicyclic) bond motifs is 1. The minimum absolute atomic E-state index is 0. The summed E-state index contributed by atoms with van der Waals surface area (Å²) in [5.74, 6) is -4.09. The first-order chi connectivity index (χ1) is 10.3. The van der Waals surface area contributed by atoms with E-state index in [0.717, 1.165) is 6.42 Å². The number of aliphatic carboxylic acids is 2. The van der Waals surface area contributed by atoms with Crippen LogP contribution in [0.15, 0.2) is 0 Å². The normalized spacial score (nSPS) is 32.3. The van der Waals surface area contributed by atoms with Crippen LogP contribution in [-0.4, -0.2) is 46.2 Å². The number of carboxylic acids is 2. The Morgan fingerprint density at radius 3 is 2.39 bits per heavy atom. The second-order valence-electron chi connectivity index (χ2n) is 6.25. The highest BCUT2D eigenvalue weighted by Gasteiger charge is 2.72. The molecule has 2 saturated carbocycles. The molecule has 0 radical (unpaired) electrons. The Labute approximate surface area is 140 Å². The fourth-order valence-electron chi connectivity index (χ4n) is 3.70. The highest BCUT2D eigenvalue weighted by Crippen LogP contribution is 2.62. The molecule has 7 N–H and O–H groups in total. The minimum atomic E-state index is -1.49. The molecular weight excluding hydrogens is 326 g/mol. The Balaban J connectivity index is 0.00000264. The third-order valence-electron chi connectivity index (χ3n) is 4.93. The Morgan fingerprint density at radius 2 is 1.91 bits per heavy atom. The average molecular weight is 350 g/mol. The fraction of sp³-hybridized carbons (Fsp3) is 0.786. The molecule has 0 aromatic rings. The van der Waals surface area contributed by atoms with E-state index in [2.05, 4.69) is 5.32 Å². The lowest BCUT2D eigenvalue weighted by Gasteiger charge is -2.29. The number of carboxylic acid groups (broad SMARTS) is 2. The number of unbranched alkanes of at least 4 members (excludes halogenated alkanes) is 1. The van der Waals surface area contributed by atoms with Crippen molar-refractivity contribution in [2.75, 3.05) is 6.54 Å². The van der Waals surface area contributed by atoms with Gasteiger partial charge in [-0.3, -0.25) is 9.59 Å². The molecule has 0 aliphatic heterocycles. The third-order valence-corrected chi connectivity index (χ3v) is 4.93. The number of halogens is 1. The van der Waals surface area contributed by atoms with Crippen LogP contribution in [0.25, 0.3) is 0 Å². The number of nitrogens with two attached hydrogens (primary N) is 2. The second-order valence-corrected chi connectivity index (χ2v) is 6.25. The van der Waals surface area contributed by atoms with E-state index in [1.54, 1.807) is 0 Å². The number of hydrogen-bond acceptors (Lipinski definition) is 5. The molecule has 23 heavy (non-hydrogen) atoms. The molecule has 0 heterocycles. The monoisotopic (exact) mass is 349 g/mol. The summed E-state index contributed by atoms with van der Waals surface area (Å²) < 4.78 is 0. The molecule has 2 rings (SSSR count). The summed E-state index contributed by atoms with van der Waals surface area (Å²) in [6.07, 6.45) is 2.61. The van der Waals surface area contributed by atoms with Crippen molar-refractivity contribution >= 4 is 30.3 Å². The molecule has 5 atom stereocenters. The van der Waals surface area contributed by atoms with Gasteiger partial charge < -0.3 is 27.0 Å². The molecule has 9 heteroatoms. The van der Waals surface area contributed by atoms with Crippen LogP contribution in [0.2, 0.25) is 0 Å². The highest BCUT2D eigenvalue weighted by molar-refractivity contribution is 5.92. The Bertz CT molecular complexity index is 489. The predicted molar refractivity (Wildman–Crippen MR) is 84.0 cm³/mol. The zero-order valence-electron chi connectivity index (χ0n) is 12.7. The van der Waals surface area contributed by atoms with Gasteiger partial charge in [0, 0.05) is 5.92 Å². The number of rotatable bonds is 8. The van der Waals surface area contributed by atoms with Gasteiger partial charge in [0.05, 0.1) is 12.0 Å². The molecule has 132 valence electrons. The van der Waals surface area contributed by atoms with Crippen LogP contribution >= 0.6 is 12.4 Å². The largest absolute Gasteiger partial charge is 0.481 e. The van der Waals surface area contributed by atoms with Gasteiger partial charge in [0.15, 0.2) is 0 Å². The van der Waals surface area contributed by atoms with Crippen LogP contribution < -0.4 is 16.8 Å². The van der Waals surface area contributed by atoms with Gasteiger partial charge in [-0.15, -0.1) is 12.4 Å². The quantitative estimate of drug-likeness (QED) is 0.371. The standard InChI is InChI=1S/C14H23N3O5.ClH/c15-6-2-1-3-8(16)11(18)17-14(13(21)22)5-4-7-9(10(7)14)12(19)20;/h7-10H,1-6,15-16H2,(H,17,18)(H,19,20)(H,21,22);1H/t7-,8-,9-,10-,14-;/m0./s1. The zero-order chi connectivity index (χ0) is 16.5. The molecule has 2 aliphatic rings. The smallest absolute Gasteiger partial charge is 0.329 e. The maximum Gasteiger partial charge on any atom is 0.329 e. The lowest BCUT2D eigenvalue weighted by molar-refractivity contribution is -0.150. The summed E-state index contributed by atoms with van der Waals surface area (Å²) in [5, 5.41) is 21.2. The van der Waals surface area contributed by atoms with Gasteiger partial charge in [0.1, 0.15) is 5.54 Å². The van der Waals surface area contributed by atoms with Gasteiger partial charge in [-0.1, -0.05) is 6.42 Å². The van der Waals surface area contributed by atoms with E-state index in [4.69, 9.17) is 16.6 Å². The van der Waals surface area contributed by atoms with Gasteiger partial charge in [-0.2, -0.15) is 0 Å². The minimum Gasteiger partial charge on any atom is -0.481 e. The van der Waals surface area contributed by atoms with Crippen LogP contribution in [0.5, 0.6) is 0 Å². The van der Waals surface area contributed by atoms with E-state index >= 15 is 0 Å². The highest BCUT2D eigenvalue weighted by atomic mass is 35.5. The molecule has 0 aromatic carbocycles. The first-order valence-corrected chi connectivity index (χ1v) is 7.59. The molecule has 2 fully saturated rings.